The Morgan fingerprint density at radius 1 is 0.917 bits per heavy atom. The number of benzene rings is 2. The van der Waals surface area contributed by atoms with Crippen molar-refractivity contribution in [1.82, 2.24) is 0 Å². The first-order valence-corrected chi connectivity index (χ1v) is 11.9. The van der Waals surface area contributed by atoms with Gasteiger partial charge >= 0.3 is 12.4 Å². The van der Waals surface area contributed by atoms with E-state index in [0.717, 1.165) is 37.8 Å². The Morgan fingerprint density at radius 3 is 2.22 bits per heavy atom. The molecule has 0 radical (unpaired) electrons. The maximum Gasteiger partial charge on any atom is 0.417 e. The van der Waals surface area contributed by atoms with E-state index in [1.54, 1.807) is 6.07 Å². The molecule has 2 aromatic rings. The van der Waals surface area contributed by atoms with Gasteiger partial charge in [-0.2, -0.15) is 26.3 Å². The van der Waals surface area contributed by atoms with Crippen LogP contribution >= 0.6 is 0 Å². The van der Waals surface area contributed by atoms with E-state index in [4.69, 9.17) is 0 Å². The van der Waals surface area contributed by atoms with Crippen molar-refractivity contribution in [3.8, 4) is 0 Å². The molecular weight excluding hydrogens is 484 g/mol. The van der Waals surface area contributed by atoms with E-state index in [1.807, 2.05) is 4.90 Å². The first-order chi connectivity index (χ1) is 16.9. The number of hydrogen-bond donors (Lipinski definition) is 0. The summed E-state index contributed by atoms with van der Waals surface area (Å²) in [6.07, 6.45) is -5.14. The van der Waals surface area contributed by atoms with Crippen LogP contribution in [0.1, 0.15) is 58.3 Å². The zero-order chi connectivity index (χ0) is 25.8. The van der Waals surface area contributed by atoms with Crippen LogP contribution in [-0.2, 0) is 30.0 Å². The van der Waals surface area contributed by atoms with Gasteiger partial charge < -0.3 is 4.90 Å². The minimum Gasteiger partial charge on any atom is -0.368 e. The summed E-state index contributed by atoms with van der Waals surface area (Å²) in [6.45, 7) is 0.697. The monoisotopic (exact) mass is 507 g/mol. The van der Waals surface area contributed by atoms with Crippen molar-refractivity contribution < 1.29 is 35.9 Å². The predicted octanol–water partition coefficient (Wildman–Crippen LogP) is 6.58. The largest absolute Gasteiger partial charge is 0.417 e. The minimum absolute atomic E-state index is 0.0886. The molecule has 2 aliphatic carbocycles. The lowest BCUT2D eigenvalue weighted by atomic mass is 9.79. The normalized spacial score (nSPS) is 21.9. The number of halogens is 6. The van der Waals surface area contributed by atoms with E-state index >= 15 is 0 Å². The topological polar surface area (TPSA) is 37.4 Å². The van der Waals surface area contributed by atoms with Crippen molar-refractivity contribution in [2.75, 3.05) is 11.4 Å². The zero-order valence-electron chi connectivity index (χ0n) is 19.2. The number of allylic oxidation sites excluding steroid dienone is 2. The van der Waals surface area contributed by atoms with E-state index in [1.165, 1.54) is 24.3 Å². The third-order valence-corrected chi connectivity index (χ3v) is 7.55. The number of carbonyl (C=O) groups is 2. The first-order valence-electron chi connectivity index (χ1n) is 11.9. The lowest BCUT2D eigenvalue weighted by molar-refractivity contribution is -0.139. The smallest absolute Gasteiger partial charge is 0.368 e. The van der Waals surface area contributed by atoms with Crippen molar-refractivity contribution >= 4 is 17.3 Å². The maximum atomic E-state index is 14.0. The van der Waals surface area contributed by atoms with Crippen molar-refractivity contribution in [3.05, 3.63) is 75.9 Å². The highest BCUT2D eigenvalue weighted by Gasteiger charge is 2.40. The maximum absolute atomic E-state index is 14.0. The van der Waals surface area contributed by atoms with Crippen molar-refractivity contribution in [2.24, 2.45) is 5.92 Å². The number of carbonyl (C=O) groups excluding carboxylic acids is 2. The van der Waals surface area contributed by atoms with Crippen molar-refractivity contribution in [1.29, 1.82) is 0 Å². The zero-order valence-corrected chi connectivity index (χ0v) is 19.2. The Balaban J connectivity index is 1.43. The molecule has 6 rings (SSSR count). The van der Waals surface area contributed by atoms with Crippen LogP contribution in [0.25, 0.3) is 0 Å². The molecule has 0 N–H and O–H groups in total. The van der Waals surface area contributed by atoms with Gasteiger partial charge in [-0.15, -0.1) is 0 Å². The number of ketones is 2. The van der Waals surface area contributed by atoms with Gasteiger partial charge in [0.15, 0.2) is 11.6 Å². The highest BCUT2D eigenvalue weighted by molar-refractivity contribution is 6.28. The lowest BCUT2D eigenvalue weighted by Gasteiger charge is -2.47. The second kappa shape index (κ2) is 8.78. The van der Waals surface area contributed by atoms with Crippen LogP contribution in [0.2, 0.25) is 0 Å². The van der Waals surface area contributed by atoms with E-state index in [0.29, 0.717) is 18.2 Å². The number of Topliss-reactive ketones (excluding diaryl/α,β-unsaturated/α-hetero) is 2. The molecule has 190 valence electrons. The number of rotatable bonds is 4. The molecule has 0 atom stereocenters. The number of fused-ring (bicyclic) bond motifs is 4. The Kier molecular flexibility index (Phi) is 6.00. The van der Waals surface area contributed by atoms with Gasteiger partial charge in [0.1, 0.15) is 0 Å². The third kappa shape index (κ3) is 4.44. The molecule has 2 aromatic carbocycles. The molecule has 2 saturated heterocycles. The van der Waals surface area contributed by atoms with Gasteiger partial charge in [0.05, 0.1) is 16.7 Å². The lowest BCUT2D eigenvalue weighted by Crippen LogP contribution is -2.48. The van der Waals surface area contributed by atoms with Gasteiger partial charge in [0.25, 0.3) is 0 Å². The fourth-order valence-corrected chi connectivity index (χ4v) is 5.77. The second-order valence-corrected chi connectivity index (χ2v) is 9.75. The first kappa shape index (κ1) is 24.6. The van der Waals surface area contributed by atoms with E-state index in [-0.39, 0.29) is 23.6 Å². The molecule has 3 nitrogen and oxygen atoms in total. The molecule has 36 heavy (non-hydrogen) atoms. The fourth-order valence-electron chi connectivity index (χ4n) is 5.77. The van der Waals surface area contributed by atoms with Crippen LogP contribution in [0, 0.1) is 5.92 Å². The number of hydrogen-bond acceptors (Lipinski definition) is 3. The fraction of sp³-hybridized carbons (Fsp3) is 0.407. The second-order valence-electron chi connectivity index (χ2n) is 9.75. The third-order valence-electron chi connectivity index (χ3n) is 7.55. The number of alkyl halides is 6. The summed E-state index contributed by atoms with van der Waals surface area (Å²) in [5, 5.41) is 0. The summed E-state index contributed by atoms with van der Waals surface area (Å²) in [5.41, 5.74) is -2.96. The molecule has 0 aromatic heterocycles. The molecule has 4 aliphatic rings. The predicted molar refractivity (Wildman–Crippen MR) is 121 cm³/mol. The van der Waals surface area contributed by atoms with Crippen molar-refractivity contribution in [2.45, 2.75) is 56.9 Å². The molecule has 3 fully saturated rings. The standard InChI is InChI=1S/C27H23F6NO2/c28-26(29,30)21-3-1-2-16-7-11-20(25(36)24(16)21)23(35)12-17-6-10-19(13-22(17)27(31,32)33)34-14-15-4-8-18(34)9-5-15/h1-3,6,10-11,13,15,18H,4-5,7-9,12,14H2. The molecule has 0 amide bonds. The van der Waals surface area contributed by atoms with Crippen molar-refractivity contribution in [3.63, 3.8) is 0 Å². The Labute approximate surface area is 203 Å². The molecule has 2 heterocycles. The molecule has 9 heteroatoms. The van der Waals surface area contributed by atoms with Crippen LogP contribution in [0.4, 0.5) is 32.0 Å². The molecule has 0 spiro atoms. The SMILES string of the molecule is O=C(Cc1ccc(N2CC3CCC2CC3)cc1C(F)(F)F)C1=CCc2cccc(C(F)(F)F)c2C1=O. The Hall–Kier alpha value is -3.10. The van der Waals surface area contributed by atoms with Gasteiger partial charge in [-0.05, 0) is 67.3 Å². The summed E-state index contributed by atoms with van der Waals surface area (Å²) in [7, 11) is 0. The average molecular weight is 507 g/mol. The van der Waals surface area contributed by atoms with Gasteiger partial charge in [-0.3, -0.25) is 9.59 Å². The summed E-state index contributed by atoms with van der Waals surface area (Å²) in [5.74, 6) is -1.58. The number of nitrogens with zero attached hydrogens (tertiary/aromatic N) is 1. The van der Waals surface area contributed by atoms with Crippen LogP contribution in [0.15, 0.2) is 48.0 Å². The van der Waals surface area contributed by atoms with E-state index in [9.17, 15) is 35.9 Å². The molecule has 1 saturated carbocycles. The molecular formula is C27H23F6NO2. The quantitative estimate of drug-likeness (QED) is 0.347. The molecule has 2 bridgehead atoms. The molecule has 0 unspecified atom stereocenters. The van der Waals surface area contributed by atoms with E-state index < -0.39 is 52.6 Å². The van der Waals surface area contributed by atoms with Gasteiger partial charge in [-0.25, -0.2) is 0 Å². The summed E-state index contributed by atoms with van der Waals surface area (Å²) < 4.78 is 82.4. The van der Waals surface area contributed by atoms with Crippen LogP contribution < -0.4 is 4.90 Å². The Bertz CT molecular complexity index is 1250. The Morgan fingerprint density at radius 2 is 1.61 bits per heavy atom. The highest BCUT2D eigenvalue weighted by Crippen LogP contribution is 2.41. The number of piperidine rings is 2. The summed E-state index contributed by atoms with van der Waals surface area (Å²) in [6, 6.07) is 7.37. The summed E-state index contributed by atoms with van der Waals surface area (Å²) in [4.78, 5) is 27.9. The van der Waals surface area contributed by atoms with E-state index in [2.05, 4.69) is 0 Å². The summed E-state index contributed by atoms with van der Waals surface area (Å²) >= 11 is 0. The van der Waals surface area contributed by atoms with Crippen LogP contribution in [-0.4, -0.2) is 24.2 Å². The highest BCUT2D eigenvalue weighted by atomic mass is 19.4. The minimum atomic E-state index is -4.81. The van der Waals surface area contributed by atoms with Gasteiger partial charge in [0.2, 0.25) is 0 Å². The van der Waals surface area contributed by atoms with Gasteiger partial charge in [0, 0.05) is 30.3 Å². The number of anilines is 1. The molecule has 2 aliphatic heterocycles. The average Bonchev–Trinajstić information content (AvgIpc) is 2.83. The van der Waals surface area contributed by atoms with Crippen LogP contribution in [0.5, 0.6) is 0 Å². The van der Waals surface area contributed by atoms with Crippen LogP contribution in [0.3, 0.4) is 0 Å². The van der Waals surface area contributed by atoms with Gasteiger partial charge in [-0.1, -0.05) is 24.3 Å².